The zero-order valence-electron chi connectivity index (χ0n) is 24.5. The number of benzene rings is 2. The Hall–Kier alpha value is -3.85. The first-order valence-corrected chi connectivity index (χ1v) is 15.6. The van der Waals surface area contributed by atoms with Gasteiger partial charge in [0, 0.05) is 5.39 Å². The van der Waals surface area contributed by atoms with Crippen LogP contribution >= 0.6 is 7.75 Å². The molecule has 1 unspecified atom stereocenters. The lowest BCUT2D eigenvalue weighted by atomic mass is 10.0. The van der Waals surface area contributed by atoms with E-state index in [1.807, 2.05) is 18.2 Å². The van der Waals surface area contributed by atoms with Gasteiger partial charge < -0.3 is 34.5 Å². The fourth-order valence-electron chi connectivity index (χ4n) is 5.00. The lowest BCUT2D eigenvalue weighted by Crippen LogP contribution is -2.41. The molecule has 2 aromatic carbocycles. The van der Waals surface area contributed by atoms with E-state index in [0.29, 0.717) is 5.39 Å². The predicted octanol–water partition coefficient (Wildman–Crippen LogP) is 1.87. The maximum absolute atomic E-state index is 14.3. The molecule has 0 bridgehead atoms. The number of imidazole rings is 1. The van der Waals surface area contributed by atoms with Crippen molar-refractivity contribution in [2.75, 3.05) is 5.73 Å². The summed E-state index contributed by atoms with van der Waals surface area (Å²) in [6.07, 6.45) is -5.21. The molecule has 0 amide bonds. The number of carbonyl (C=O) groups excluding carboxylic acids is 1. The van der Waals surface area contributed by atoms with Gasteiger partial charge in [0.2, 0.25) is 5.95 Å². The number of aromatic amines is 1. The highest BCUT2D eigenvalue weighted by Gasteiger charge is 2.48. The summed E-state index contributed by atoms with van der Waals surface area (Å²) in [4.78, 5) is 35.3. The highest BCUT2D eigenvalue weighted by atomic mass is 31.2. The molecule has 5 rings (SSSR count). The van der Waals surface area contributed by atoms with E-state index in [4.69, 9.17) is 24.3 Å². The van der Waals surface area contributed by atoms with Crippen LogP contribution in [0.3, 0.4) is 0 Å². The number of esters is 1. The van der Waals surface area contributed by atoms with Gasteiger partial charge in [-0.1, -0.05) is 36.4 Å². The molecule has 3 heterocycles. The molecular weight excluding hydrogens is 595 g/mol. The van der Waals surface area contributed by atoms with Crippen LogP contribution in [0.15, 0.2) is 53.6 Å². The number of anilines is 1. The van der Waals surface area contributed by atoms with Gasteiger partial charge in [-0.25, -0.2) is 9.55 Å². The predicted molar refractivity (Wildman–Crippen MR) is 160 cm³/mol. The van der Waals surface area contributed by atoms with E-state index < -0.39 is 61.9 Å². The highest BCUT2D eigenvalue weighted by Crippen LogP contribution is 2.49. The number of aromatic nitrogens is 4. The van der Waals surface area contributed by atoms with Crippen molar-refractivity contribution in [2.45, 2.75) is 76.9 Å². The van der Waals surface area contributed by atoms with Crippen LogP contribution in [0, 0.1) is 0 Å². The minimum Gasteiger partial charge on any atom is -0.462 e. The van der Waals surface area contributed by atoms with E-state index >= 15 is 0 Å². The lowest BCUT2D eigenvalue weighted by Gasteiger charge is -2.29. The number of nitrogens with zero attached hydrogens (tertiary/aromatic N) is 3. The van der Waals surface area contributed by atoms with E-state index in [0.717, 1.165) is 5.39 Å². The van der Waals surface area contributed by atoms with E-state index in [1.54, 1.807) is 38.1 Å². The zero-order valence-corrected chi connectivity index (χ0v) is 25.4. The number of rotatable bonds is 11. The van der Waals surface area contributed by atoms with Crippen LogP contribution in [-0.2, 0) is 29.9 Å². The zero-order chi connectivity index (χ0) is 31.8. The Morgan fingerprint density at radius 2 is 1.89 bits per heavy atom. The van der Waals surface area contributed by atoms with Gasteiger partial charge in [-0.15, -0.1) is 0 Å². The molecule has 236 valence electrons. The molecule has 4 aromatic rings. The normalized spacial score (nSPS) is 23.1. The first-order valence-electron chi connectivity index (χ1n) is 14.0. The summed E-state index contributed by atoms with van der Waals surface area (Å²) in [7, 11) is -4.37. The molecule has 44 heavy (non-hydrogen) atoms. The molecule has 0 spiro atoms. The summed E-state index contributed by atoms with van der Waals surface area (Å²) in [5.41, 5.74) is 5.36. The smallest absolute Gasteiger partial charge is 0.459 e. The SMILES string of the molecule is CC(C)OC(=O)[C@H](C)N[P@](=O)(Oc1cccc2ccccc12)O[C@H](C)C1O[C@@H](Cn2cnc3c(=O)[nH]c(N)nc32)[C@H](O)[C@@H]1O. The Bertz CT molecular complexity index is 1760. The van der Waals surface area contributed by atoms with Crippen LogP contribution in [0.5, 0.6) is 5.75 Å². The third kappa shape index (κ3) is 6.62. The standard InChI is InChI=1S/C28H35N6O9P/c1-14(2)40-27(38)15(3)33-44(39,43-19-11-7-9-17-8-5-6-10-18(17)19)42-16(4)24-23(36)22(35)20(41-24)12-34-13-30-21-25(34)31-28(29)32-26(21)37/h5-11,13-16,20,22-24,35-36H,12H2,1-4H3,(H,33,39)(H3,29,31,32,37)/t15-,16+,20-,22-,23-,24?,44+/m0/s1. The van der Waals surface area contributed by atoms with Gasteiger partial charge in [-0.05, 0) is 39.1 Å². The molecule has 1 fully saturated rings. The molecule has 15 nitrogen and oxygen atoms in total. The Labute approximate surface area is 251 Å². The Morgan fingerprint density at radius 1 is 1.16 bits per heavy atom. The van der Waals surface area contributed by atoms with Gasteiger partial charge in [0.05, 0.1) is 25.1 Å². The summed E-state index contributed by atoms with van der Waals surface area (Å²) in [6, 6.07) is 11.4. The van der Waals surface area contributed by atoms with Gasteiger partial charge in [0.25, 0.3) is 5.56 Å². The molecule has 0 radical (unpaired) electrons. The number of nitrogens with two attached hydrogens (primary N) is 1. The molecular formula is C28H35N6O9P. The maximum atomic E-state index is 14.3. The molecule has 0 saturated carbocycles. The van der Waals surface area contributed by atoms with E-state index in [1.165, 1.54) is 24.7 Å². The van der Waals surface area contributed by atoms with E-state index in [9.17, 15) is 24.4 Å². The number of aliphatic hydroxyl groups is 2. The largest absolute Gasteiger partial charge is 0.462 e. The second-order valence-electron chi connectivity index (χ2n) is 10.9. The maximum Gasteiger partial charge on any atom is 0.459 e. The molecule has 2 aromatic heterocycles. The number of fused-ring (bicyclic) bond motifs is 2. The molecule has 1 aliphatic rings. The summed E-state index contributed by atoms with van der Waals surface area (Å²) >= 11 is 0. The van der Waals surface area contributed by atoms with Gasteiger partial charge in [-0.2, -0.15) is 10.1 Å². The van der Waals surface area contributed by atoms with Crippen LogP contribution in [0.2, 0.25) is 0 Å². The minimum absolute atomic E-state index is 0.0446. The molecule has 6 N–H and O–H groups in total. The number of ether oxygens (including phenoxy) is 2. The van der Waals surface area contributed by atoms with Gasteiger partial charge in [0.15, 0.2) is 11.2 Å². The minimum atomic E-state index is -4.37. The molecule has 1 saturated heterocycles. The van der Waals surface area contributed by atoms with Crippen molar-refractivity contribution >= 4 is 41.6 Å². The average Bonchev–Trinajstić information content (AvgIpc) is 3.49. The van der Waals surface area contributed by atoms with E-state index in [2.05, 4.69) is 20.0 Å². The van der Waals surface area contributed by atoms with Crippen molar-refractivity contribution in [2.24, 2.45) is 0 Å². The number of nitrogen functional groups attached to an aromatic ring is 1. The molecule has 1 aliphatic heterocycles. The van der Waals surface area contributed by atoms with Crippen molar-refractivity contribution in [1.82, 2.24) is 24.6 Å². The number of nitrogens with one attached hydrogen (secondary N) is 2. The fourth-order valence-corrected chi connectivity index (χ4v) is 6.71. The second kappa shape index (κ2) is 12.6. The number of H-pyrrole nitrogens is 1. The summed E-state index contributed by atoms with van der Waals surface area (Å²) in [5, 5.41) is 25.9. The van der Waals surface area contributed by atoms with Gasteiger partial charge in [0.1, 0.15) is 36.2 Å². The van der Waals surface area contributed by atoms with Crippen LogP contribution < -0.4 is 20.9 Å². The number of aliphatic hydroxyl groups excluding tert-OH is 2. The Balaban J connectivity index is 1.38. The Kier molecular flexibility index (Phi) is 9.07. The molecule has 0 aliphatic carbocycles. The van der Waals surface area contributed by atoms with Gasteiger partial charge in [-0.3, -0.25) is 19.1 Å². The molecule has 16 heteroatoms. The third-order valence-electron chi connectivity index (χ3n) is 7.06. The van der Waals surface area contributed by atoms with Crippen LogP contribution in [0.25, 0.3) is 21.9 Å². The van der Waals surface area contributed by atoms with Crippen molar-refractivity contribution < 1.29 is 38.1 Å². The van der Waals surface area contributed by atoms with Crippen LogP contribution in [-0.4, -0.2) is 78.4 Å². The highest BCUT2D eigenvalue weighted by molar-refractivity contribution is 7.52. The quantitative estimate of drug-likeness (QED) is 0.118. The summed E-state index contributed by atoms with van der Waals surface area (Å²) < 4.78 is 38.9. The number of carbonyl (C=O) groups is 1. The average molecular weight is 631 g/mol. The van der Waals surface area contributed by atoms with Crippen molar-refractivity contribution in [3.63, 3.8) is 0 Å². The van der Waals surface area contributed by atoms with Crippen molar-refractivity contribution in [1.29, 1.82) is 0 Å². The second-order valence-corrected chi connectivity index (χ2v) is 12.5. The Morgan fingerprint density at radius 3 is 2.64 bits per heavy atom. The summed E-state index contributed by atoms with van der Waals surface area (Å²) in [6.45, 7) is 6.28. The lowest BCUT2D eigenvalue weighted by molar-refractivity contribution is -0.149. The first kappa shape index (κ1) is 31.6. The van der Waals surface area contributed by atoms with Gasteiger partial charge >= 0.3 is 13.7 Å². The summed E-state index contributed by atoms with van der Waals surface area (Å²) in [5.74, 6) is -0.556. The number of hydrogen-bond acceptors (Lipinski definition) is 12. The third-order valence-corrected chi connectivity index (χ3v) is 8.81. The topological polar surface area (TPSA) is 213 Å². The molecule has 7 atom stereocenters. The fraction of sp³-hybridized carbons (Fsp3) is 0.429. The van der Waals surface area contributed by atoms with Crippen LogP contribution in [0.1, 0.15) is 27.7 Å². The monoisotopic (exact) mass is 630 g/mol. The van der Waals surface area contributed by atoms with E-state index in [-0.39, 0.29) is 29.4 Å². The number of hydrogen-bond donors (Lipinski definition) is 5. The van der Waals surface area contributed by atoms with Crippen molar-refractivity contribution in [3.05, 3.63) is 59.1 Å². The van der Waals surface area contributed by atoms with Crippen LogP contribution in [0.4, 0.5) is 5.95 Å². The van der Waals surface area contributed by atoms with Crippen molar-refractivity contribution in [3.8, 4) is 5.75 Å². The first-order chi connectivity index (χ1) is 20.8.